The van der Waals surface area contributed by atoms with Gasteiger partial charge >= 0.3 is 0 Å². The molecule has 0 bridgehead atoms. The number of anilines is 1. The zero-order valence-electron chi connectivity index (χ0n) is 15.0. The van der Waals surface area contributed by atoms with Crippen molar-refractivity contribution in [2.24, 2.45) is 0 Å². The Morgan fingerprint density at radius 2 is 1.60 bits per heavy atom. The predicted octanol–water partition coefficient (Wildman–Crippen LogP) is 4.26. The third-order valence-corrected chi connectivity index (χ3v) is 4.45. The highest BCUT2D eigenvalue weighted by atomic mass is 16.5. The number of hydrogen-bond donors (Lipinski definition) is 0. The van der Waals surface area contributed by atoms with Crippen molar-refractivity contribution in [3.05, 3.63) is 59.7 Å². The van der Waals surface area contributed by atoms with Gasteiger partial charge in [0.2, 0.25) is 0 Å². The number of rotatable bonds is 5. The predicted molar refractivity (Wildman–Crippen MR) is 103 cm³/mol. The van der Waals surface area contributed by atoms with E-state index in [1.165, 1.54) is 11.3 Å². The Morgan fingerprint density at radius 1 is 0.920 bits per heavy atom. The lowest BCUT2D eigenvalue weighted by atomic mass is 10.0. The van der Waals surface area contributed by atoms with E-state index in [-0.39, 0.29) is 6.04 Å². The molecule has 0 radical (unpaired) electrons. The second kappa shape index (κ2) is 7.34. The summed E-state index contributed by atoms with van der Waals surface area (Å²) in [5.74, 6) is 2.08. The zero-order valence-corrected chi connectivity index (χ0v) is 15.0. The highest BCUT2D eigenvalue weighted by molar-refractivity contribution is 5.74. The fraction of sp³-hybridized carbons (Fsp3) is 0.238. The van der Waals surface area contributed by atoms with Gasteiger partial charge in [0.25, 0.3) is 0 Å². The van der Waals surface area contributed by atoms with Crippen molar-refractivity contribution in [3.8, 4) is 17.2 Å². The van der Waals surface area contributed by atoms with Gasteiger partial charge in [0.1, 0.15) is 5.75 Å². The molecule has 130 valence electrons. The summed E-state index contributed by atoms with van der Waals surface area (Å²) in [5, 5.41) is 0. The van der Waals surface area contributed by atoms with Crippen molar-refractivity contribution in [1.29, 1.82) is 0 Å². The van der Waals surface area contributed by atoms with Gasteiger partial charge in [0, 0.05) is 24.4 Å². The lowest BCUT2D eigenvalue weighted by molar-refractivity contribution is 0.348. The van der Waals surface area contributed by atoms with E-state index in [1.807, 2.05) is 12.1 Å². The summed E-state index contributed by atoms with van der Waals surface area (Å²) in [6.45, 7) is 0. The number of para-hydroxylation sites is 1. The van der Waals surface area contributed by atoms with Crippen LogP contribution in [0.15, 0.2) is 48.6 Å². The molecule has 0 fully saturated rings. The zero-order chi connectivity index (χ0) is 17.8. The number of hydrogen-bond acceptors (Lipinski definition) is 4. The van der Waals surface area contributed by atoms with Gasteiger partial charge in [0.15, 0.2) is 11.5 Å². The van der Waals surface area contributed by atoms with E-state index >= 15 is 0 Å². The maximum Gasteiger partial charge on any atom is 0.164 e. The SMILES string of the molecule is COc1cc(OC)c(OC)cc1/C=C/C1C=Cc2ccccc2N1C. The molecule has 0 aliphatic carbocycles. The molecular weight excluding hydrogens is 314 g/mol. The number of ether oxygens (including phenoxy) is 3. The summed E-state index contributed by atoms with van der Waals surface area (Å²) in [4.78, 5) is 2.25. The molecule has 3 rings (SSSR count). The molecule has 0 saturated heterocycles. The van der Waals surface area contributed by atoms with Crippen LogP contribution in [0.4, 0.5) is 5.69 Å². The second-order valence-electron chi connectivity index (χ2n) is 5.83. The molecule has 4 nitrogen and oxygen atoms in total. The number of nitrogens with zero attached hydrogens (tertiary/aromatic N) is 1. The topological polar surface area (TPSA) is 30.9 Å². The highest BCUT2D eigenvalue weighted by Gasteiger charge is 2.16. The molecule has 4 heteroatoms. The molecule has 1 heterocycles. The van der Waals surface area contributed by atoms with Gasteiger partial charge in [-0.2, -0.15) is 0 Å². The maximum absolute atomic E-state index is 5.49. The third-order valence-electron chi connectivity index (χ3n) is 4.45. The molecule has 0 N–H and O–H groups in total. The van der Waals surface area contributed by atoms with Gasteiger partial charge in [-0.15, -0.1) is 0 Å². The van der Waals surface area contributed by atoms with Crippen LogP contribution in [0.5, 0.6) is 17.2 Å². The molecule has 1 atom stereocenters. The molecule has 0 saturated carbocycles. The van der Waals surface area contributed by atoms with Crippen molar-refractivity contribution < 1.29 is 14.2 Å². The largest absolute Gasteiger partial charge is 0.496 e. The molecule has 1 unspecified atom stereocenters. The van der Waals surface area contributed by atoms with Crippen LogP contribution in [0, 0.1) is 0 Å². The summed E-state index contributed by atoms with van der Waals surface area (Å²) in [5.41, 5.74) is 3.40. The van der Waals surface area contributed by atoms with Crippen molar-refractivity contribution in [2.45, 2.75) is 6.04 Å². The van der Waals surface area contributed by atoms with E-state index in [4.69, 9.17) is 14.2 Å². The molecule has 1 aliphatic rings. The smallest absolute Gasteiger partial charge is 0.164 e. The Hall–Kier alpha value is -2.88. The van der Waals surface area contributed by atoms with Crippen LogP contribution in [0.1, 0.15) is 11.1 Å². The first kappa shape index (κ1) is 17.0. The molecule has 1 aliphatic heterocycles. The quantitative estimate of drug-likeness (QED) is 0.816. The van der Waals surface area contributed by atoms with Crippen LogP contribution >= 0.6 is 0 Å². The number of fused-ring (bicyclic) bond motifs is 1. The number of methoxy groups -OCH3 is 3. The van der Waals surface area contributed by atoms with Crippen LogP contribution in [-0.2, 0) is 0 Å². The minimum Gasteiger partial charge on any atom is -0.496 e. The van der Waals surface area contributed by atoms with Crippen molar-refractivity contribution in [2.75, 3.05) is 33.3 Å². The van der Waals surface area contributed by atoms with Crippen LogP contribution in [0.25, 0.3) is 12.2 Å². The van der Waals surface area contributed by atoms with Gasteiger partial charge in [0.05, 0.1) is 27.4 Å². The van der Waals surface area contributed by atoms with Crippen molar-refractivity contribution >= 4 is 17.8 Å². The molecular formula is C21H23NO3. The minimum absolute atomic E-state index is 0.174. The normalized spacial score (nSPS) is 16.0. The fourth-order valence-corrected chi connectivity index (χ4v) is 3.02. The van der Waals surface area contributed by atoms with Gasteiger partial charge < -0.3 is 19.1 Å². The molecule has 2 aromatic carbocycles. The molecule has 0 aromatic heterocycles. The van der Waals surface area contributed by atoms with Crippen LogP contribution in [-0.4, -0.2) is 34.4 Å². The summed E-state index contributed by atoms with van der Waals surface area (Å²) < 4.78 is 16.2. The first-order chi connectivity index (χ1) is 12.2. The number of benzene rings is 2. The van der Waals surface area contributed by atoms with Crippen LogP contribution in [0.2, 0.25) is 0 Å². The van der Waals surface area contributed by atoms with Gasteiger partial charge in [-0.3, -0.25) is 0 Å². The summed E-state index contributed by atoms with van der Waals surface area (Å²) in [6.07, 6.45) is 8.55. The van der Waals surface area contributed by atoms with Gasteiger partial charge in [-0.1, -0.05) is 42.5 Å². The summed E-state index contributed by atoms with van der Waals surface area (Å²) in [7, 11) is 7.00. The third kappa shape index (κ3) is 3.33. The van der Waals surface area contributed by atoms with Crippen molar-refractivity contribution in [3.63, 3.8) is 0 Å². The molecule has 25 heavy (non-hydrogen) atoms. The molecule has 2 aromatic rings. The lowest BCUT2D eigenvalue weighted by Gasteiger charge is -2.30. The average molecular weight is 337 g/mol. The Kier molecular flexibility index (Phi) is 4.98. The Morgan fingerprint density at radius 3 is 2.32 bits per heavy atom. The Balaban J connectivity index is 1.90. The average Bonchev–Trinajstić information content (AvgIpc) is 2.67. The van der Waals surface area contributed by atoms with E-state index < -0.39 is 0 Å². The van der Waals surface area contributed by atoms with E-state index in [0.717, 1.165) is 11.3 Å². The lowest BCUT2D eigenvalue weighted by Crippen LogP contribution is -2.30. The summed E-state index contributed by atoms with van der Waals surface area (Å²) >= 11 is 0. The summed E-state index contributed by atoms with van der Waals surface area (Å²) in [6, 6.07) is 12.3. The van der Waals surface area contributed by atoms with Crippen molar-refractivity contribution in [1.82, 2.24) is 0 Å². The van der Waals surface area contributed by atoms with E-state index in [2.05, 4.69) is 60.5 Å². The van der Waals surface area contributed by atoms with Crippen LogP contribution < -0.4 is 19.1 Å². The van der Waals surface area contributed by atoms with E-state index in [0.29, 0.717) is 11.5 Å². The first-order valence-electron chi connectivity index (χ1n) is 8.16. The number of likely N-dealkylation sites (N-methyl/N-ethyl adjacent to an activating group) is 1. The first-order valence-corrected chi connectivity index (χ1v) is 8.16. The van der Waals surface area contributed by atoms with Gasteiger partial charge in [-0.25, -0.2) is 0 Å². The maximum atomic E-state index is 5.49. The Bertz CT molecular complexity index is 811. The van der Waals surface area contributed by atoms with E-state index in [1.54, 1.807) is 21.3 Å². The fourth-order valence-electron chi connectivity index (χ4n) is 3.02. The van der Waals surface area contributed by atoms with Gasteiger partial charge in [-0.05, 0) is 17.7 Å². The minimum atomic E-state index is 0.174. The molecule has 0 amide bonds. The van der Waals surface area contributed by atoms with E-state index in [9.17, 15) is 0 Å². The molecule has 0 spiro atoms. The Labute approximate surface area is 148 Å². The van der Waals surface area contributed by atoms with Crippen LogP contribution in [0.3, 0.4) is 0 Å². The standard InChI is InChI=1S/C21H23NO3/c1-22-17(11-9-15-7-5-6-8-18(15)22)12-10-16-13-20(24-3)21(25-4)14-19(16)23-2/h5-14,17H,1-4H3/b12-10+. The second-order valence-corrected chi connectivity index (χ2v) is 5.83. The highest BCUT2D eigenvalue weighted by Crippen LogP contribution is 2.35. The monoisotopic (exact) mass is 337 g/mol.